The van der Waals surface area contributed by atoms with Gasteiger partial charge in [-0.1, -0.05) is 73.0 Å². The van der Waals surface area contributed by atoms with Crippen molar-refractivity contribution in [3.63, 3.8) is 0 Å². The first-order valence-electron chi connectivity index (χ1n) is 14.5. The average Bonchev–Trinajstić information content (AvgIpc) is 3.47. The molecule has 2 amide bonds. The van der Waals surface area contributed by atoms with Gasteiger partial charge in [-0.25, -0.2) is 12.8 Å². The summed E-state index contributed by atoms with van der Waals surface area (Å²) >= 11 is 0. The van der Waals surface area contributed by atoms with E-state index in [4.69, 9.17) is 0 Å². The topological polar surface area (TPSA) is 86.8 Å². The van der Waals surface area contributed by atoms with Gasteiger partial charge in [-0.3, -0.25) is 13.9 Å². The Morgan fingerprint density at radius 2 is 1.57 bits per heavy atom. The molecule has 7 nitrogen and oxygen atoms in total. The lowest BCUT2D eigenvalue weighted by molar-refractivity contribution is -0.141. The summed E-state index contributed by atoms with van der Waals surface area (Å²) in [5.74, 6) is -0.865. The zero-order valence-electron chi connectivity index (χ0n) is 24.3. The SMILES string of the molecule is Cc1ccc(CN(C(=O)CCCN(c2ccc(F)cc2)S(C)(=O)=O)C(Cc2ccccc2)C(=O)NC2CCCC2)cc1. The molecule has 3 aromatic carbocycles. The highest BCUT2D eigenvalue weighted by molar-refractivity contribution is 7.92. The molecule has 1 aliphatic rings. The molecule has 9 heteroatoms. The lowest BCUT2D eigenvalue weighted by Gasteiger charge is -2.33. The Balaban J connectivity index is 1.57. The van der Waals surface area contributed by atoms with Crippen LogP contribution in [0.1, 0.15) is 55.2 Å². The van der Waals surface area contributed by atoms with Crippen LogP contribution in [-0.4, -0.2) is 50.0 Å². The second-order valence-corrected chi connectivity index (χ2v) is 13.0. The minimum absolute atomic E-state index is 0.0427. The van der Waals surface area contributed by atoms with Crippen LogP contribution >= 0.6 is 0 Å². The molecule has 0 heterocycles. The second-order valence-electron chi connectivity index (χ2n) is 11.1. The van der Waals surface area contributed by atoms with Crippen molar-refractivity contribution < 1.29 is 22.4 Å². The summed E-state index contributed by atoms with van der Waals surface area (Å²) in [7, 11) is -3.66. The molecule has 224 valence electrons. The zero-order chi connectivity index (χ0) is 30.1. The van der Waals surface area contributed by atoms with E-state index in [2.05, 4.69) is 5.32 Å². The molecule has 3 aromatic rings. The minimum Gasteiger partial charge on any atom is -0.352 e. The molecule has 0 aromatic heterocycles. The van der Waals surface area contributed by atoms with Gasteiger partial charge in [0.1, 0.15) is 11.9 Å². The zero-order valence-corrected chi connectivity index (χ0v) is 25.2. The molecule has 0 radical (unpaired) electrons. The van der Waals surface area contributed by atoms with Crippen LogP contribution < -0.4 is 9.62 Å². The Hall–Kier alpha value is -3.72. The van der Waals surface area contributed by atoms with Crippen molar-refractivity contribution in [2.24, 2.45) is 0 Å². The summed E-state index contributed by atoms with van der Waals surface area (Å²) in [4.78, 5) is 29.4. The Morgan fingerprint density at radius 1 is 0.929 bits per heavy atom. The molecule has 0 spiro atoms. The molecule has 1 N–H and O–H groups in total. The molecule has 4 rings (SSSR count). The number of nitrogens with one attached hydrogen (secondary N) is 1. The first kappa shape index (κ1) is 31.2. The lowest BCUT2D eigenvalue weighted by atomic mass is 10.0. The molecule has 42 heavy (non-hydrogen) atoms. The summed E-state index contributed by atoms with van der Waals surface area (Å²) in [5, 5.41) is 3.20. The summed E-state index contributed by atoms with van der Waals surface area (Å²) in [5.41, 5.74) is 3.29. The Labute approximate surface area is 248 Å². The highest BCUT2D eigenvalue weighted by Crippen LogP contribution is 2.22. The van der Waals surface area contributed by atoms with Gasteiger partial charge in [-0.2, -0.15) is 0 Å². The first-order valence-corrected chi connectivity index (χ1v) is 16.4. The fourth-order valence-electron chi connectivity index (χ4n) is 5.42. The Morgan fingerprint density at radius 3 is 2.19 bits per heavy atom. The fourth-order valence-corrected chi connectivity index (χ4v) is 6.39. The quantitative estimate of drug-likeness (QED) is 0.288. The molecule has 1 atom stereocenters. The van der Waals surface area contributed by atoms with Crippen LogP contribution in [0.5, 0.6) is 0 Å². The number of carbonyl (C=O) groups is 2. The van der Waals surface area contributed by atoms with E-state index in [1.165, 1.54) is 28.6 Å². The number of aryl methyl sites for hydroxylation is 1. The number of anilines is 1. The third-order valence-corrected chi connectivity index (χ3v) is 8.91. The van der Waals surface area contributed by atoms with E-state index in [0.29, 0.717) is 12.1 Å². The number of hydrogen-bond donors (Lipinski definition) is 1. The van der Waals surface area contributed by atoms with E-state index in [-0.39, 0.29) is 43.8 Å². The standard InChI is InChI=1S/C33H40FN3O4S/c1-25-14-16-27(17-15-25)24-36(31(23-26-9-4-3-5-10-26)33(39)35-29-11-6-7-12-29)32(38)13-8-22-37(42(2,40)41)30-20-18-28(34)19-21-30/h3-5,9-10,14-21,29,31H,6-8,11-13,22-24H2,1-2H3,(H,35,39). The third kappa shape index (κ3) is 8.89. The molecule has 1 saturated carbocycles. The van der Waals surface area contributed by atoms with E-state index in [1.54, 1.807) is 4.90 Å². The number of carbonyl (C=O) groups excluding carboxylic acids is 2. The molecular formula is C33H40FN3O4S. The van der Waals surface area contributed by atoms with Gasteiger partial charge in [0.05, 0.1) is 11.9 Å². The molecule has 1 unspecified atom stereocenters. The predicted octanol–water partition coefficient (Wildman–Crippen LogP) is 5.38. The molecule has 0 saturated heterocycles. The van der Waals surface area contributed by atoms with E-state index >= 15 is 0 Å². The highest BCUT2D eigenvalue weighted by atomic mass is 32.2. The molecular weight excluding hydrogens is 553 g/mol. The van der Waals surface area contributed by atoms with E-state index in [1.807, 2.05) is 61.5 Å². The minimum atomic E-state index is -3.66. The first-order chi connectivity index (χ1) is 20.1. The third-order valence-electron chi connectivity index (χ3n) is 7.71. The van der Waals surface area contributed by atoms with Crippen LogP contribution in [0, 0.1) is 12.7 Å². The van der Waals surface area contributed by atoms with Crippen LogP contribution in [0.3, 0.4) is 0 Å². The second kappa shape index (κ2) is 14.4. The van der Waals surface area contributed by atoms with Gasteiger partial charge >= 0.3 is 0 Å². The number of halogens is 1. The van der Waals surface area contributed by atoms with Crippen molar-refractivity contribution in [3.8, 4) is 0 Å². The van der Waals surface area contributed by atoms with Crippen molar-refractivity contribution in [1.29, 1.82) is 0 Å². The largest absolute Gasteiger partial charge is 0.352 e. The van der Waals surface area contributed by atoms with Gasteiger partial charge in [-0.15, -0.1) is 0 Å². The van der Waals surface area contributed by atoms with E-state index in [9.17, 15) is 22.4 Å². The normalized spacial score (nSPS) is 14.4. The Kier molecular flexibility index (Phi) is 10.7. The number of hydrogen-bond acceptors (Lipinski definition) is 4. The van der Waals surface area contributed by atoms with Gasteiger partial charge in [0.2, 0.25) is 21.8 Å². The van der Waals surface area contributed by atoms with Crippen LogP contribution in [0.4, 0.5) is 10.1 Å². The van der Waals surface area contributed by atoms with E-state index in [0.717, 1.165) is 48.6 Å². The van der Waals surface area contributed by atoms with Gasteiger partial charge in [0, 0.05) is 32.0 Å². The van der Waals surface area contributed by atoms with Crippen molar-refractivity contribution >= 4 is 27.5 Å². The lowest BCUT2D eigenvalue weighted by Crippen LogP contribution is -2.52. The molecule has 1 aliphatic carbocycles. The van der Waals surface area contributed by atoms with Crippen molar-refractivity contribution in [1.82, 2.24) is 10.2 Å². The average molecular weight is 594 g/mol. The Bertz CT molecular complexity index is 1420. The summed E-state index contributed by atoms with van der Waals surface area (Å²) < 4.78 is 39.7. The maximum atomic E-state index is 13.9. The number of benzene rings is 3. The predicted molar refractivity (Wildman–Crippen MR) is 164 cm³/mol. The number of nitrogens with zero attached hydrogens (tertiary/aromatic N) is 2. The van der Waals surface area contributed by atoms with Gasteiger partial charge in [-0.05, 0) is 61.6 Å². The van der Waals surface area contributed by atoms with Crippen LogP contribution in [-0.2, 0) is 32.6 Å². The highest BCUT2D eigenvalue weighted by Gasteiger charge is 2.32. The monoisotopic (exact) mass is 593 g/mol. The van der Waals surface area contributed by atoms with Gasteiger partial charge < -0.3 is 10.2 Å². The van der Waals surface area contributed by atoms with Crippen LogP contribution in [0.2, 0.25) is 0 Å². The molecule has 0 bridgehead atoms. The van der Waals surface area contributed by atoms with Crippen molar-refractivity contribution in [2.45, 2.75) is 70.5 Å². The maximum Gasteiger partial charge on any atom is 0.243 e. The van der Waals surface area contributed by atoms with Gasteiger partial charge in [0.15, 0.2) is 0 Å². The number of amides is 2. The van der Waals surface area contributed by atoms with Crippen molar-refractivity contribution in [3.05, 3.63) is 101 Å². The van der Waals surface area contributed by atoms with Crippen molar-refractivity contribution in [2.75, 3.05) is 17.1 Å². The summed E-state index contributed by atoms with van der Waals surface area (Å²) in [6.07, 6.45) is 5.74. The van der Waals surface area contributed by atoms with Crippen LogP contribution in [0.15, 0.2) is 78.9 Å². The van der Waals surface area contributed by atoms with E-state index < -0.39 is 21.9 Å². The van der Waals surface area contributed by atoms with Crippen LogP contribution in [0.25, 0.3) is 0 Å². The van der Waals surface area contributed by atoms with Gasteiger partial charge in [0.25, 0.3) is 0 Å². The maximum absolute atomic E-state index is 13.9. The number of rotatable bonds is 13. The molecule has 0 aliphatic heterocycles. The summed E-state index contributed by atoms with van der Waals surface area (Å²) in [6.45, 7) is 2.29. The number of sulfonamides is 1. The molecule has 1 fully saturated rings. The summed E-state index contributed by atoms with van der Waals surface area (Å²) in [6, 6.07) is 22.2. The fraction of sp³-hybridized carbons (Fsp3) is 0.394. The smallest absolute Gasteiger partial charge is 0.243 e.